The smallest absolute Gasteiger partial charge is 0.338 e. The molecule has 4 heterocycles. The van der Waals surface area contributed by atoms with Crippen LogP contribution in [0, 0.1) is 11.3 Å². The molecule has 11 atom stereocenters. The first-order valence-corrected chi connectivity index (χ1v) is 11.4. The van der Waals surface area contributed by atoms with Gasteiger partial charge in [0.15, 0.2) is 18.4 Å². The van der Waals surface area contributed by atoms with E-state index in [9.17, 15) is 30.3 Å². The van der Waals surface area contributed by atoms with Gasteiger partial charge in [-0.05, 0) is 25.5 Å². The van der Waals surface area contributed by atoms with Crippen LogP contribution in [0.25, 0.3) is 0 Å². The fourth-order valence-corrected chi connectivity index (χ4v) is 6.87. The number of aliphatic hydroxyl groups is 5. The molecule has 0 spiro atoms. The first kappa shape index (κ1) is 22.8. The van der Waals surface area contributed by atoms with Crippen LogP contribution in [0.3, 0.4) is 0 Å². The van der Waals surface area contributed by atoms with Gasteiger partial charge in [-0.25, -0.2) is 4.79 Å². The van der Waals surface area contributed by atoms with Gasteiger partial charge in [0.25, 0.3) is 0 Å². The van der Waals surface area contributed by atoms with Crippen molar-refractivity contribution in [3.8, 4) is 0 Å². The highest BCUT2D eigenvalue weighted by Crippen LogP contribution is 2.81. The molecule has 186 valence electrons. The molecule has 8 rings (SSSR count). The molecule has 7 fully saturated rings. The van der Waals surface area contributed by atoms with Gasteiger partial charge in [0.05, 0.1) is 17.6 Å². The van der Waals surface area contributed by atoms with E-state index in [2.05, 4.69) is 0 Å². The second-order valence-electron chi connectivity index (χ2n) is 10.2. The van der Waals surface area contributed by atoms with E-state index < -0.39 is 77.9 Å². The highest BCUT2D eigenvalue weighted by Gasteiger charge is 2.94. The number of hydrogen-bond donors (Lipinski definition) is 5. The lowest BCUT2D eigenvalue weighted by Gasteiger charge is -2.67. The first-order valence-electron chi connectivity index (χ1n) is 11.4. The number of hydrogen-bond acceptors (Lipinski definition) is 11. The summed E-state index contributed by atoms with van der Waals surface area (Å²) in [6.07, 6.45) is -7.87. The van der Waals surface area contributed by atoms with E-state index in [1.54, 1.807) is 37.3 Å². The highest BCUT2D eigenvalue weighted by atomic mass is 16.8. The van der Waals surface area contributed by atoms with Crippen molar-refractivity contribution in [3.63, 3.8) is 0 Å². The standard InChI is InChI=1S/C23H28O11/c1-20-9-22(29)13-7-23(20,32-18-16(27)15(26)14(25)12(8-24)31-18)21(13,19(33-20)34-22)10-30-17(28)11-5-3-2-4-6-11/h2-6,12-16,18-19,24-27,29H,7-10H2,1H3/t12-,13+,14-,15+,16-,18+,19+,20+,21+,22-,23-/m1/s1. The highest BCUT2D eigenvalue weighted by molar-refractivity contribution is 5.89. The molecule has 0 amide bonds. The Hall–Kier alpha value is -1.67. The van der Waals surface area contributed by atoms with Crippen molar-refractivity contribution in [2.45, 2.75) is 73.8 Å². The minimum absolute atomic E-state index is 0.0902. The summed E-state index contributed by atoms with van der Waals surface area (Å²) >= 11 is 0. The zero-order chi connectivity index (χ0) is 24.1. The minimum Gasteiger partial charge on any atom is -0.461 e. The quantitative estimate of drug-likeness (QED) is 0.306. The maximum Gasteiger partial charge on any atom is 0.338 e. The van der Waals surface area contributed by atoms with Gasteiger partial charge in [0, 0.05) is 12.3 Å². The van der Waals surface area contributed by atoms with Gasteiger partial charge >= 0.3 is 5.97 Å². The van der Waals surface area contributed by atoms with E-state index in [0.717, 1.165) is 0 Å². The molecule has 0 aromatic heterocycles. The van der Waals surface area contributed by atoms with E-state index in [-0.39, 0.29) is 19.4 Å². The van der Waals surface area contributed by atoms with Crippen LogP contribution in [0.15, 0.2) is 30.3 Å². The van der Waals surface area contributed by atoms with Crippen molar-refractivity contribution >= 4 is 5.97 Å². The average Bonchev–Trinajstić information content (AvgIpc) is 3.00. The van der Waals surface area contributed by atoms with Crippen LogP contribution in [0.5, 0.6) is 0 Å². The maximum absolute atomic E-state index is 12.7. The van der Waals surface area contributed by atoms with Gasteiger partial charge in [-0.2, -0.15) is 0 Å². The molecule has 0 radical (unpaired) electrons. The van der Waals surface area contributed by atoms with Crippen LogP contribution in [-0.2, 0) is 23.7 Å². The van der Waals surface area contributed by atoms with Gasteiger partial charge in [-0.3, -0.25) is 0 Å². The minimum atomic E-state index is -1.61. The van der Waals surface area contributed by atoms with E-state index in [4.69, 9.17) is 23.7 Å². The van der Waals surface area contributed by atoms with Crippen molar-refractivity contribution in [2.75, 3.05) is 13.2 Å². The van der Waals surface area contributed by atoms with Gasteiger partial charge in [-0.15, -0.1) is 0 Å². The van der Waals surface area contributed by atoms with Crippen LogP contribution in [0.2, 0.25) is 0 Å². The molecule has 11 nitrogen and oxygen atoms in total. The number of carbonyl (C=O) groups is 1. The Bertz CT molecular complexity index is 988. The average molecular weight is 480 g/mol. The predicted octanol–water partition coefficient (Wildman–Crippen LogP) is -1.36. The molecular weight excluding hydrogens is 452 g/mol. The SMILES string of the molecule is C[C@@]12C[C@@]3(O)O[C@H](O1)[C@]1(COC(=O)c4ccccc4)[C@@H]3C[C@]12O[C@@H]1O[C@H](CO)[C@@H](O)[C@H](O)[C@H]1O. The van der Waals surface area contributed by atoms with E-state index in [0.29, 0.717) is 5.56 Å². The molecule has 5 N–H and O–H groups in total. The lowest BCUT2D eigenvalue weighted by atomic mass is 9.41. The summed E-state index contributed by atoms with van der Waals surface area (Å²) in [5.74, 6) is -2.49. The molecule has 1 aromatic carbocycles. The monoisotopic (exact) mass is 480 g/mol. The topological polar surface area (TPSA) is 164 Å². The summed E-state index contributed by atoms with van der Waals surface area (Å²) in [4.78, 5) is 12.7. The number of carbonyl (C=O) groups excluding carboxylic acids is 1. The second-order valence-corrected chi connectivity index (χ2v) is 10.2. The summed E-state index contributed by atoms with van der Waals surface area (Å²) in [6.45, 7) is 0.985. The molecule has 4 saturated heterocycles. The van der Waals surface area contributed by atoms with Crippen molar-refractivity contribution < 1.29 is 54.0 Å². The molecular formula is C23H28O11. The number of ether oxygens (including phenoxy) is 5. The Labute approximate surface area is 194 Å². The Morgan fingerprint density at radius 2 is 1.85 bits per heavy atom. The van der Waals surface area contributed by atoms with Crippen LogP contribution < -0.4 is 0 Å². The molecule has 7 aliphatic rings. The number of rotatable bonds is 6. The fourth-order valence-electron chi connectivity index (χ4n) is 6.87. The Balaban J connectivity index is 1.32. The molecule has 4 aliphatic heterocycles. The summed E-state index contributed by atoms with van der Waals surface area (Å²) in [5, 5.41) is 51.7. The van der Waals surface area contributed by atoms with Gasteiger partial charge in [0.1, 0.15) is 42.2 Å². The van der Waals surface area contributed by atoms with Gasteiger partial charge < -0.3 is 49.2 Å². The Kier molecular flexibility index (Phi) is 4.81. The Morgan fingerprint density at radius 1 is 1.12 bits per heavy atom. The summed E-state index contributed by atoms with van der Waals surface area (Å²) in [6, 6.07) is 8.47. The third-order valence-corrected chi connectivity index (χ3v) is 8.57. The van der Waals surface area contributed by atoms with Crippen LogP contribution in [0.4, 0.5) is 0 Å². The third-order valence-electron chi connectivity index (χ3n) is 8.57. The number of aliphatic hydroxyl groups excluding tert-OH is 4. The molecule has 11 heteroatoms. The summed E-state index contributed by atoms with van der Waals surface area (Å²) in [5.41, 5.74) is -2.99. The Morgan fingerprint density at radius 3 is 2.56 bits per heavy atom. The third kappa shape index (κ3) is 2.59. The van der Waals surface area contributed by atoms with Crippen LogP contribution >= 0.6 is 0 Å². The normalized spacial score (nSPS) is 52.5. The zero-order valence-corrected chi connectivity index (χ0v) is 18.4. The van der Waals surface area contributed by atoms with Crippen molar-refractivity contribution in [1.29, 1.82) is 0 Å². The fraction of sp³-hybridized carbons (Fsp3) is 0.696. The molecule has 3 saturated carbocycles. The van der Waals surface area contributed by atoms with Gasteiger partial charge in [0.2, 0.25) is 0 Å². The predicted molar refractivity (Wildman–Crippen MR) is 109 cm³/mol. The molecule has 3 aliphatic carbocycles. The van der Waals surface area contributed by atoms with Crippen molar-refractivity contribution in [2.24, 2.45) is 11.3 Å². The largest absolute Gasteiger partial charge is 0.461 e. The summed E-state index contributed by atoms with van der Waals surface area (Å²) < 4.78 is 29.7. The molecule has 34 heavy (non-hydrogen) atoms. The van der Waals surface area contributed by atoms with E-state index in [1.807, 2.05) is 0 Å². The van der Waals surface area contributed by atoms with E-state index >= 15 is 0 Å². The lowest BCUT2D eigenvalue weighted by molar-refractivity contribution is -0.424. The molecule has 6 bridgehead atoms. The van der Waals surface area contributed by atoms with Crippen molar-refractivity contribution in [3.05, 3.63) is 35.9 Å². The molecule has 0 unspecified atom stereocenters. The lowest BCUT2D eigenvalue weighted by Crippen LogP contribution is -2.80. The second kappa shape index (κ2) is 7.19. The number of benzene rings is 1. The van der Waals surface area contributed by atoms with Crippen molar-refractivity contribution in [1.82, 2.24) is 0 Å². The zero-order valence-electron chi connectivity index (χ0n) is 18.4. The van der Waals surface area contributed by atoms with E-state index in [1.165, 1.54) is 0 Å². The maximum atomic E-state index is 12.7. The van der Waals surface area contributed by atoms with Gasteiger partial charge in [-0.1, -0.05) is 18.2 Å². The first-order chi connectivity index (χ1) is 16.1. The van der Waals surface area contributed by atoms with Crippen LogP contribution in [0.1, 0.15) is 30.1 Å². The number of esters is 1. The van der Waals surface area contributed by atoms with Crippen LogP contribution in [-0.4, -0.2) is 98.7 Å². The molecule has 1 aromatic rings. The summed E-state index contributed by atoms with van der Waals surface area (Å²) in [7, 11) is 0.